The fraction of sp³-hybridized carbons (Fsp3) is 0.722. The van der Waals surface area contributed by atoms with Crippen molar-refractivity contribution < 1.29 is 9.53 Å². The van der Waals surface area contributed by atoms with Crippen LogP contribution >= 0.6 is 0 Å². The van der Waals surface area contributed by atoms with E-state index in [2.05, 4.69) is 13.5 Å². The fourth-order valence-electron chi connectivity index (χ4n) is 2.03. The van der Waals surface area contributed by atoms with E-state index in [1.807, 2.05) is 12.2 Å². The molecular weight excluding hydrogens is 248 g/mol. The predicted molar refractivity (Wildman–Crippen MR) is 86.5 cm³/mol. The van der Waals surface area contributed by atoms with E-state index in [1.54, 1.807) is 6.26 Å². The first-order valence-corrected chi connectivity index (χ1v) is 8.26. The standard InChI is InChI=1S/C18H32O2/c1-3-5-7-9-10-11-12-14-16-18(19)20-17-15-13-8-6-4-2/h3,15,17H,1,4-14,16H2,2H3. The monoisotopic (exact) mass is 280 g/mol. The lowest BCUT2D eigenvalue weighted by atomic mass is 10.1. The summed E-state index contributed by atoms with van der Waals surface area (Å²) in [6, 6.07) is 0. The Labute approximate surface area is 125 Å². The molecule has 0 spiro atoms. The van der Waals surface area contributed by atoms with Gasteiger partial charge in [-0.15, -0.1) is 6.58 Å². The zero-order valence-electron chi connectivity index (χ0n) is 13.2. The predicted octanol–water partition coefficient (Wildman–Crippen LogP) is 5.93. The van der Waals surface area contributed by atoms with Crippen molar-refractivity contribution in [3.8, 4) is 0 Å². The van der Waals surface area contributed by atoms with E-state index in [0.717, 1.165) is 25.7 Å². The minimum Gasteiger partial charge on any atom is -0.435 e. The average molecular weight is 280 g/mol. The van der Waals surface area contributed by atoms with E-state index in [9.17, 15) is 4.79 Å². The SMILES string of the molecule is C=CCCCCCCCCC(=O)OC=CCCCCC. The molecule has 0 aliphatic heterocycles. The number of ether oxygens (including phenoxy) is 1. The summed E-state index contributed by atoms with van der Waals surface area (Å²) in [4.78, 5) is 11.4. The summed E-state index contributed by atoms with van der Waals surface area (Å²) in [5.74, 6) is -0.0941. The van der Waals surface area contributed by atoms with Gasteiger partial charge in [0.2, 0.25) is 0 Å². The molecule has 116 valence electrons. The Balaban J connectivity index is 3.25. The molecule has 20 heavy (non-hydrogen) atoms. The highest BCUT2D eigenvalue weighted by atomic mass is 16.5. The molecule has 0 aliphatic rings. The van der Waals surface area contributed by atoms with E-state index in [1.165, 1.54) is 44.9 Å². The summed E-state index contributed by atoms with van der Waals surface area (Å²) in [5, 5.41) is 0. The number of hydrogen-bond acceptors (Lipinski definition) is 2. The van der Waals surface area contributed by atoms with Gasteiger partial charge in [0.15, 0.2) is 0 Å². The van der Waals surface area contributed by atoms with Crippen LogP contribution in [0, 0.1) is 0 Å². The molecule has 0 unspecified atom stereocenters. The summed E-state index contributed by atoms with van der Waals surface area (Å²) in [6.45, 7) is 5.90. The molecule has 2 heteroatoms. The Morgan fingerprint density at radius 1 is 0.950 bits per heavy atom. The van der Waals surface area contributed by atoms with Gasteiger partial charge in [-0.3, -0.25) is 4.79 Å². The number of rotatable bonds is 14. The summed E-state index contributed by atoms with van der Waals surface area (Å²) in [7, 11) is 0. The maximum atomic E-state index is 11.4. The zero-order chi connectivity index (χ0) is 14.9. The third-order valence-electron chi connectivity index (χ3n) is 3.31. The topological polar surface area (TPSA) is 26.3 Å². The quantitative estimate of drug-likeness (QED) is 0.170. The van der Waals surface area contributed by atoms with Gasteiger partial charge in [-0.25, -0.2) is 0 Å². The fourth-order valence-corrected chi connectivity index (χ4v) is 2.03. The van der Waals surface area contributed by atoms with Crippen molar-refractivity contribution in [2.45, 2.75) is 84.0 Å². The zero-order valence-corrected chi connectivity index (χ0v) is 13.2. The van der Waals surface area contributed by atoms with Crippen molar-refractivity contribution in [2.75, 3.05) is 0 Å². The van der Waals surface area contributed by atoms with Gasteiger partial charge >= 0.3 is 5.97 Å². The van der Waals surface area contributed by atoms with Crippen molar-refractivity contribution in [2.24, 2.45) is 0 Å². The number of carbonyl (C=O) groups excluding carboxylic acids is 1. The summed E-state index contributed by atoms with van der Waals surface area (Å²) >= 11 is 0. The Morgan fingerprint density at radius 2 is 1.60 bits per heavy atom. The lowest BCUT2D eigenvalue weighted by Crippen LogP contribution is -1.98. The van der Waals surface area contributed by atoms with Crippen LogP contribution in [0.25, 0.3) is 0 Å². The summed E-state index contributed by atoms with van der Waals surface area (Å²) in [6.07, 6.45) is 18.9. The largest absolute Gasteiger partial charge is 0.435 e. The van der Waals surface area contributed by atoms with E-state index in [-0.39, 0.29) is 5.97 Å². The Hall–Kier alpha value is -1.05. The highest BCUT2D eigenvalue weighted by Gasteiger charge is 2.00. The van der Waals surface area contributed by atoms with Gasteiger partial charge in [-0.2, -0.15) is 0 Å². The molecule has 0 aromatic carbocycles. The van der Waals surface area contributed by atoms with Gasteiger partial charge in [-0.05, 0) is 38.2 Å². The van der Waals surface area contributed by atoms with Gasteiger partial charge in [0.1, 0.15) is 0 Å². The van der Waals surface area contributed by atoms with Crippen LogP contribution in [0.2, 0.25) is 0 Å². The average Bonchev–Trinajstić information content (AvgIpc) is 2.45. The van der Waals surface area contributed by atoms with E-state index in [0.29, 0.717) is 6.42 Å². The van der Waals surface area contributed by atoms with Gasteiger partial charge in [-0.1, -0.05) is 51.5 Å². The minimum atomic E-state index is -0.0941. The second-order valence-corrected chi connectivity index (χ2v) is 5.31. The number of allylic oxidation sites excluding steroid dienone is 2. The molecule has 0 rings (SSSR count). The molecule has 0 aromatic rings. The van der Waals surface area contributed by atoms with Crippen LogP contribution in [-0.4, -0.2) is 5.97 Å². The Bertz CT molecular complexity index is 256. The molecule has 0 fully saturated rings. The molecule has 0 bridgehead atoms. The van der Waals surface area contributed by atoms with Crippen molar-refractivity contribution in [3.63, 3.8) is 0 Å². The maximum Gasteiger partial charge on any atom is 0.310 e. The third kappa shape index (κ3) is 15.0. The van der Waals surface area contributed by atoms with Crippen molar-refractivity contribution in [3.05, 3.63) is 25.0 Å². The highest BCUT2D eigenvalue weighted by molar-refractivity contribution is 5.69. The van der Waals surface area contributed by atoms with Gasteiger partial charge in [0.25, 0.3) is 0 Å². The third-order valence-corrected chi connectivity index (χ3v) is 3.31. The first-order valence-electron chi connectivity index (χ1n) is 8.26. The summed E-state index contributed by atoms with van der Waals surface area (Å²) in [5.41, 5.74) is 0. The number of unbranched alkanes of at least 4 members (excludes halogenated alkanes) is 9. The smallest absolute Gasteiger partial charge is 0.310 e. The highest BCUT2D eigenvalue weighted by Crippen LogP contribution is 2.09. The van der Waals surface area contributed by atoms with Crippen LogP contribution in [0.15, 0.2) is 25.0 Å². The van der Waals surface area contributed by atoms with Gasteiger partial charge in [0.05, 0.1) is 6.26 Å². The van der Waals surface area contributed by atoms with Gasteiger partial charge < -0.3 is 4.74 Å². The lowest BCUT2D eigenvalue weighted by Gasteiger charge is -2.01. The molecule has 0 aromatic heterocycles. The van der Waals surface area contributed by atoms with E-state index >= 15 is 0 Å². The van der Waals surface area contributed by atoms with Gasteiger partial charge in [0, 0.05) is 6.42 Å². The first-order chi connectivity index (χ1) is 9.81. The molecule has 0 amide bonds. The first kappa shape index (κ1) is 18.9. The molecule has 0 heterocycles. The molecule has 0 radical (unpaired) electrons. The Kier molecular flexibility index (Phi) is 15.2. The second kappa shape index (κ2) is 16.0. The number of carbonyl (C=O) groups is 1. The molecule has 0 N–H and O–H groups in total. The molecule has 0 atom stereocenters. The van der Waals surface area contributed by atoms with Crippen LogP contribution in [-0.2, 0) is 9.53 Å². The normalized spacial score (nSPS) is 10.8. The molecule has 2 nitrogen and oxygen atoms in total. The molecule has 0 aliphatic carbocycles. The van der Waals surface area contributed by atoms with E-state index < -0.39 is 0 Å². The van der Waals surface area contributed by atoms with Crippen molar-refractivity contribution in [1.82, 2.24) is 0 Å². The van der Waals surface area contributed by atoms with Crippen LogP contribution < -0.4 is 0 Å². The minimum absolute atomic E-state index is 0.0941. The van der Waals surface area contributed by atoms with Crippen molar-refractivity contribution in [1.29, 1.82) is 0 Å². The van der Waals surface area contributed by atoms with Crippen LogP contribution in [0.4, 0.5) is 0 Å². The van der Waals surface area contributed by atoms with Crippen molar-refractivity contribution >= 4 is 5.97 Å². The molecule has 0 saturated heterocycles. The van der Waals surface area contributed by atoms with Crippen LogP contribution in [0.5, 0.6) is 0 Å². The number of esters is 1. The molecule has 0 saturated carbocycles. The van der Waals surface area contributed by atoms with Crippen LogP contribution in [0.3, 0.4) is 0 Å². The summed E-state index contributed by atoms with van der Waals surface area (Å²) < 4.78 is 5.05. The van der Waals surface area contributed by atoms with Crippen LogP contribution in [0.1, 0.15) is 84.0 Å². The Morgan fingerprint density at radius 3 is 2.30 bits per heavy atom. The second-order valence-electron chi connectivity index (χ2n) is 5.31. The molecular formula is C18H32O2. The maximum absolute atomic E-state index is 11.4. The lowest BCUT2D eigenvalue weighted by molar-refractivity contribution is -0.138. The number of hydrogen-bond donors (Lipinski definition) is 0. The van der Waals surface area contributed by atoms with E-state index in [4.69, 9.17) is 4.74 Å².